The van der Waals surface area contributed by atoms with E-state index in [-0.39, 0.29) is 30.0 Å². The number of hydrogen-bond donors (Lipinski definition) is 0. The molecule has 0 aliphatic carbocycles. The van der Waals surface area contributed by atoms with Crippen LogP contribution in [0, 0.1) is 0 Å². The second-order valence-corrected chi connectivity index (χ2v) is 6.20. The Kier molecular flexibility index (Phi) is 2.75. The van der Waals surface area contributed by atoms with Gasteiger partial charge < -0.3 is 9.32 Å². The number of amides is 1. The summed E-state index contributed by atoms with van der Waals surface area (Å²) in [4.78, 5) is 13.5. The van der Waals surface area contributed by atoms with Gasteiger partial charge >= 0.3 is 0 Å². The van der Waals surface area contributed by atoms with Gasteiger partial charge in [-0.3, -0.25) is 4.79 Å². The smallest absolute Gasteiger partial charge is 0.257 e. The minimum Gasteiger partial charge on any atom is -0.472 e. The van der Waals surface area contributed by atoms with Gasteiger partial charge in [-0.05, 0) is 13.0 Å². The molecule has 1 amide bonds. The highest BCUT2D eigenvalue weighted by molar-refractivity contribution is 7.91. The lowest BCUT2D eigenvalue weighted by Gasteiger charge is -2.32. The van der Waals surface area contributed by atoms with E-state index in [4.69, 9.17) is 4.42 Å². The van der Waals surface area contributed by atoms with Crippen molar-refractivity contribution >= 4 is 15.7 Å². The van der Waals surface area contributed by atoms with Gasteiger partial charge in [0, 0.05) is 12.6 Å². The molecule has 0 unspecified atom stereocenters. The Hall–Kier alpha value is -1.30. The molecule has 6 heteroatoms. The molecule has 5 nitrogen and oxygen atoms in total. The summed E-state index contributed by atoms with van der Waals surface area (Å²) in [7, 11) is -2.98. The Balaban J connectivity index is 2.15. The van der Waals surface area contributed by atoms with Crippen LogP contribution >= 0.6 is 0 Å². The summed E-state index contributed by atoms with van der Waals surface area (Å²) in [5, 5.41) is 0. The Morgan fingerprint density at radius 2 is 2.31 bits per heavy atom. The average Bonchev–Trinajstić information content (AvgIpc) is 2.68. The van der Waals surface area contributed by atoms with Gasteiger partial charge in [-0.2, -0.15) is 0 Å². The lowest BCUT2D eigenvalue weighted by molar-refractivity contribution is 0.0712. The fraction of sp³-hybridized carbons (Fsp3) is 0.500. The monoisotopic (exact) mass is 243 g/mol. The van der Waals surface area contributed by atoms with Crippen LogP contribution in [0.5, 0.6) is 0 Å². The molecular formula is C10H13NO4S. The average molecular weight is 243 g/mol. The molecule has 0 spiro atoms. The van der Waals surface area contributed by atoms with Crippen LogP contribution in [0.25, 0.3) is 0 Å². The summed E-state index contributed by atoms with van der Waals surface area (Å²) >= 11 is 0. The molecule has 1 fully saturated rings. The molecule has 0 radical (unpaired) electrons. The Bertz CT molecular complexity index is 477. The van der Waals surface area contributed by atoms with Gasteiger partial charge in [-0.25, -0.2) is 8.42 Å². The van der Waals surface area contributed by atoms with Gasteiger partial charge in [-0.1, -0.05) is 0 Å². The first-order chi connectivity index (χ1) is 7.49. The first-order valence-corrected chi connectivity index (χ1v) is 6.85. The van der Waals surface area contributed by atoms with Crippen molar-refractivity contribution in [3.05, 3.63) is 24.2 Å². The van der Waals surface area contributed by atoms with Gasteiger partial charge in [0.25, 0.3) is 5.91 Å². The lowest BCUT2D eigenvalue weighted by atomic mass is 10.2. The first kappa shape index (κ1) is 11.2. The summed E-state index contributed by atoms with van der Waals surface area (Å²) in [5.74, 6) is -0.0894. The van der Waals surface area contributed by atoms with Crippen LogP contribution in [0.4, 0.5) is 0 Å². The number of carbonyl (C=O) groups excluding carboxylic acids is 1. The standard InChI is InChI=1S/C10H13NO4S/c1-8-7-16(13,14)5-3-11(8)10(12)9-2-4-15-6-9/h2,4,6,8H,3,5,7H2,1H3/t8-/m1/s1. The maximum atomic E-state index is 12.0. The van der Waals surface area contributed by atoms with Crippen LogP contribution in [0.2, 0.25) is 0 Å². The fourth-order valence-corrected chi connectivity index (χ4v) is 3.41. The molecule has 0 N–H and O–H groups in total. The predicted molar refractivity (Wildman–Crippen MR) is 57.9 cm³/mol. The van der Waals surface area contributed by atoms with Crippen molar-refractivity contribution in [3.8, 4) is 0 Å². The Labute approximate surface area is 94.0 Å². The Morgan fingerprint density at radius 1 is 1.56 bits per heavy atom. The van der Waals surface area contributed by atoms with Crippen molar-refractivity contribution in [3.63, 3.8) is 0 Å². The third-order valence-corrected chi connectivity index (χ3v) is 4.49. The zero-order chi connectivity index (χ0) is 11.8. The molecule has 16 heavy (non-hydrogen) atoms. The van der Waals surface area contributed by atoms with Crippen LogP contribution in [-0.4, -0.2) is 43.3 Å². The number of rotatable bonds is 1. The molecular weight excluding hydrogens is 230 g/mol. The third-order valence-electron chi connectivity index (χ3n) is 2.70. The highest BCUT2D eigenvalue weighted by Crippen LogP contribution is 2.15. The summed E-state index contributed by atoms with van der Waals surface area (Å²) in [6.45, 7) is 2.00. The normalized spacial score (nSPS) is 24.3. The topological polar surface area (TPSA) is 67.6 Å². The largest absolute Gasteiger partial charge is 0.472 e. The maximum absolute atomic E-state index is 12.0. The van der Waals surface area contributed by atoms with Crippen molar-refractivity contribution in [2.45, 2.75) is 13.0 Å². The molecule has 2 heterocycles. The Morgan fingerprint density at radius 3 is 2.88 bits per heavy atom. The summed E-state index contributed by atoms with van der Waals surface area (Å²) in [6.07, 6.45) is 2.80. The van der Waals surface area contributed by atoms with Gasteiger partial charge in [0.05, 0.1) is 23.3 Å². The molecule has 1 aromatic rings. The van der Waals surface area contributed by atoms with Crippen molar-refractivity contribution < 1.29 is 17.6 Å². The van der Waals surface area contributed by atoms with E-state index in [0.29, 0.717) is 5.56 Å². The molecule has 1 aliphatic rings. The van der Waals surface area contributed by atoms with Gasteiger partial charge in [0.2, 0.25) is 0 Å². The van der Waals surface area contributed by atoms with Crippen molar-refractivity contribution in [2.75, 3.05) is 18.1 Å². The molecule has 1 saturated heterocycles. The third kappa shape index (κ3) is 2.11. The lowest BCUT2D eigenvalue weighted by Crippen LogP contribution is -2.49. The number of sulfone groups is 1. The van der Waals surface area contributed by atoms with Gasteiger partial charge in [0.15, 0.2) is 9.84 Å². The molecule has 2 rings (SSSR count). The van der Waals surface area contributed by atoms with E-state index in [1.807, 2.05) is 0 Å². The molecule has 0 aromatic carbocycles. The second-order valence-electron chi connectivity index (χ2n) is 3.97. The SMILES string of the molecule is C[C@@H]1CS(=O)(=O)CCN1C(=O)c1ccoc1. The van der Waals surface area contributed by atoms with E-state index in [2.05, 4.69) is 0 Å². The van der Waals surface area contributed by atoms with Crippen molar-refractivity contribution in [2.24, 2.45) is 0 Å². The summed E-state index contributed by atoms with van der Waals surface area (Å²) in [6, 6.07) is 1.30. The van der Waals surface area contributed by atoms with E-state index in [9.17, 15) is 13.2 Å². The molecule has 1 aromatic heterocycles. The van der Waals surface area contributed by atoms with E-state index >= 15 is 0 Å². The van der Waals surface area contributed by atoms with Crippen LogP contribution in [0.3, 0.4) is 0 Å². The van der Waals surface area contributed by atoms with E-state index in [1.54, 1.807) is 17.9 Å². The van der Waals surface area contributed by atoms with Gasteiger partial charge in [-0.15, -0.1) is 0 Å². The van der Waals surface area contributed by atoms with Crippen LogP contribution < -0.4 is 0 Å². The first-order valence-electron chi connectivity index (χ1n) is 5.03. The number of furan rings is 1. The van der Waals surface area contributed by atoms with E-state index in [0.717, 1.165) is 0 Å². The van der Waals surface area contributed by atoms with E-state index < -0.39 is 9.84 Å². The van der Waals surface area contributed by atoms with Crippen LogP contribution in [0.1, 0.15) is 17.3 Å². The molecule has 0 saturated carbocycles. The highest BCUT2D eigenvalue weighted by Gasteiger charge is 2.31. The predicted octanol–water partition coefficient (Wildman–Crippen LogP) is 0.539. The zero-order valence-electron chi connectivity index (χ0n) is 8.92. The number of carbonyl (C=O) groups is 1. The molecule has 1 aliphatic heterocycles. The molecule has 1 atom stereocenters. The van der Waals surface area contributed by atoms with Crippen molar-refractivity contribution in [1.82, 2.24) is 4.90 Å². The minimum atomic E-state index is -2.98. The summed E-state index contributed by atoms with van der Waals surface area (Å²) in [5.41, 5.74) is 0.464. The molecule has 88 valence electrons. The maximum Gasteiger partial charge on any atom is 0.257 e. The molecule has 0 bridgehead atoms. The highest BCUT2D eigenvalue weighted by atomic mass is 32.2. The van der Waals surface area contributed by atoms with Crippen molar-refractivity contribution in [1.29, 1.82) is 0 Å². The quantitative estimate of drug-likeness (QED) is 0.722. The zero-order valence-corrected chi connectivity index (χ0v) is 9.74. The fourth-order valence-electron chi connectivity index (χ4n) is 1.85. The van der Waals surface area contributed by atoms with E-state index in [1.165, 1.54) is 12.5 Å². The second kappa shape index (κ2) is 3.93. The number of nitrogens with zero attached hydrogens (tertiary/aromatic N) is 1. The van der Waals surface area contributed by atoms with Crippen LogP contribution in [-0.2, 0) is 9.84 Å². The summed E-state index contributed by atoms with van der Waals surface area (Å²) < 4.78 is 27.6. The minimum absolute atomic E-state index is 0.0383. The van der Waals surface area contributed by atoms with Crippen LogP contribution in [0.15, 0.2) is 23.0 Å². The number of hydrogen-bond acceptors (Lipinski definition) is 4. The van der Waals surface area contributed by atoms with Gasteiger partial charge in [0.1, 0.15) is 6.26 Å².